The van der Waals surface area contributed by atoms with Crippen molar-refractivity contribution in [2.45, 2.75) is 12.8 Å². The van der Waals surface area contributed by atoms with Gasteiger partial charge in [-0.3, -0.25) is 0 Å². The number of phenols is 1. The lowest BCUT2D eigenvalue weighted by atomic mass is 10.1. The molecule has 0 heterocycles. The average Bonchev–Trinajstić information content (AvgIpc) is 2.16. The molecule has 0 aliphatic rings. The van der Waals surface area contributed by atoms with Gasteiger partial charge >= 0.3 is 5.97 Å². The predicted octanol–water partition coefficient (Wildman–Crippen LogP) is 1.97. The van der Waals surface area contributed by atoms with Crippen LogP contribution in [-0.2, 0) is 11.2 Å². The van der Waals surface area contributed by atoms with Crippen LogP contribution in [0, 0.1) is 0 Å². The number of hydrogen-bond donors (Lipinski definition) is 2. The number of phenolic OH excluding ortho intramolecular Hbond substituents is 1. The Balaban J connectivity index is 2.50. The number of benzene rings is 1. The molecule has 0 bridgehead atoms. The molecule has 0 radical (unpaired) electrons. The standard InChI is InChI=1S/C11H12O3/c1-8(11(13)14)2-3-9-4-6-10(12)7-5-9/h4-7,12H,1-3H2,(H,13,14). The molecule has 0 spiro atoms. The molecule has 1 rings (SSSR count). The molecular formula is C11H12O3. The summed E-state index contributed by atoms with van der Waals surface area (Å²) in [6, 6.07) is 6.70. The van der Waals surface area contributed by atoms with Crippen molar-refractivity contribution < 1.29 is 15.0 Å². The van der Waals surface area contributed by atoms with Crippen LogP contribution in [0.3, 0.4) is 0 Å². The summed E-state index contributed by atoms with van der Waals surface area (Å²) in [6.07, 6.45) is 1.06. The Labute approximate surface area is 82.3 Å². The van der Waals surface area contributed by atoms with E-state index in [-0.39, 0.29) is 11.3 Å². The average molecular weight is 192 g/mol. The zero-order chi connectivity index (χ0) is 10.6. The van der Waals surface area contributed by atoms with E-state index < -0.39 is 5.97 Å². The molecule has 3 nitrogen and oxygen atoms in total. The van der Waals surface area contributed by atoms with Gasteiger partial charge in [0.1, 0.15) is 5.75 Å². The second-order valence-corrected chi connectivity index (χ2v) is 3.08. The van der Waals surface area contributed by atoms with E-state index in [9.17, 15) is 4.79 Å². The molecule has 14 heavy (non-hydrogen) atoms. The lowest BCUT2D eigenvalue weighted by Crippen LogP contribution is -2.00. The fourth-order valence-electron chi connectivity index (χ4n) is 1.06. The number of rotatable bonds is 4. The van der Waals surface area contributed by atoms with Crippen LogP contribution in [0.5, 0.6) is 5.75 Å². The summed E-state index contributed by atoms with van der Waals surface area (Å²) in [4.78, 5) is 10.4. The van der Waals surface area contributed by atoms with E-state index in [2.05, 4.69) is 6.58 Å². The van der Waals surface area contributed by atoms with Crippen LogP contribution in [0.2, 0.25) is 0 Å². The number of aliphatic carboxylic acids is 1. The highest BCUT2D eigenvalue weighted by Gasteiger charge is 2.03. The highest BCUT2D eigenvalue weighted by molar-refractivity contribution is 5.85. The number of hydrogen-bond acceptors (Lipinski definition) is 2. The maximum absolute atomic E-state index is 10.4. The topological polar surface area (TPSA) is 57.5 Å². The van der Waals surface area contributed by atoms with Crippen LogP contribution in [0.4, 0.5) is 0 Å². The minimum Gasteiger partial charge on any atom is -0.508 e. The zero-order valence-electron chi connectivity index (χ0n) is 7.73. The van der Waals surface area contributed by atoms with E-state index in [0.717, 1.165) is 5.56 Å². The number of carboxylic acids is 1. The van der Waals surface area contributed by atoms with Gasteiger partial charge in [-0.05, 0) is 30.5 Å². The minimum atomic E-state index is -0.955. The monoisotopic (exact) mass is 192 g/mol. The first-order chi connectivity index (χ1) is 6.59. The lowest BCUT2D eigenvalue weighted by molar-refractivity contribution is -0.132. The van der Waals surface area contributed by atoms with E-state index in [0.29, 0.717) is 12.8 Å². The summed E-state index contributed by atoms with van der Waals surface area (Å²) in [7, 11) is 0. The van der Waals surface area contributed by atoms with Gasteiger partial charge in [0, 0.05) is 5.57 Å². The van der Waals surface area contributed by atoms with Gasteiger partial charge in [-0.15, -0.1) is 0 Å². The fraction of sp³-hybridized carbons (Fsp3) is 0.182. The lowest BCUT2D eigenvalue weighted by Gasteiger charge is -2.01. The van der Waals surface area contributed by atoms with Crippen molar-refractivity contribution in [3.05, 3.63) is 42.0 Å². The number of carboxylic acid groups (broad SMARTS) is 1. The van der Waals surface area contributed by atoms with E-state index in [1.54, 1.807) is 24.3 Å². The molecule has 2 N–H and O–H groups in total. The first-order valence-corrected chi connectivity index (χ1v) is 4.28. The Morgan fingerprint density at radius 1 is 1.29 bits per heavy atom. The molecule has 0 amide bonds. The smallest absolute Gasteiger partial charge is 0.330 e. The molecule has 0 fully saturated rings. The first-order valence-electron chi connectivity index (χ1n) is 4.28. The molecule has 0 aromatic heterocycles. The Morgan fingerprint density at radius 3 is 2.36 bits per heavy atom. The third-order valence-electron chi connectivity index (χ3n) is 1.95. The van der Waals surface area contributed by atoms with Crippen LogP contribution in [0.15, 0.2) is 36.4 Å². The molecule has 0 saturated heterocycles. The largest absolute Gasteiger partial charge is 0.508 e. The Morgan fingerprint density at radius 2 is 1.86 bits per heavy atom. The molecule has 1 aromatic carbocycles. The highest BCUT2D eigenvalue weighted by atomic mass is 16.4. The minimum absolute atomic E-state index is 0.207. The molecule has 0 aliphatic heterocycles. The summed E-state index contributed by atoms with van der Waals surface area (Å²) in [5, 5.41) is 17.6. The van der Waals surface area contributed by atoms with Crippen LogP contribution in [0.25, 0.3) is 0 Å². The Hall–Kier alpha value is -1.77. The van der Waals surface area contributed by atoms with Gasteiger partial charge in [-0.25, -0.2) is 4.79 Å². The van der Waals surface area contributed by atoms with Gasteiger partial charge in [0.25, 0.3) is 0 Å². The van der Waals surface area contributed by atoms with Gasteiger partial charge in [0.05, 0.1) is 0 Å². The van der Waals surface area contributed by atoms with Gasteiger partial charge in [0.2, 0.25) is 0 Å². The van der Waals surface area contributed by atoms with Crippen molar-refractivity contribution in [1.29, 1.82) is 0 Å². The van der Waals surface area contributed by atoms with Crippen molar-refractivity contribution in [2.75, 3.05) is 0 Å². The second-order valence-electron chi connectivity index (χ2n) is 3.08. The van der Waals surface area contributed by atoms with Crippen LogP contribution in [-0.4, -0.2) is 16.2 Å². The van der Waals surface area contributed by atoms with Crippen molar-refractivity contribution in [2.24, 2.45) is 0 Å². The quantitative estimate of drug-likeness (QED) is 0.717. The summed E-state index contributed by atoms with van der Waals surface area (Å²) < 4.78 is 0. The summed E-state index contributed by atoms with van der Waals surface area (Å²) >= 11 is 0. The summed E-state index contributed by atoms with van der Waals surface area (Å²) in [5.41, 5.74) is 1.20. The Kier molecular flexibility index (Phi) is 3.29. The van der Waals surface area contributed by atoms with Crippen molar-refractivity contribution in [3.8, 4) is 5.75 Å². The molecule has 3 heteroatoms. The molecular weight excluding hydrogens is 180 g/mol. The SMILES string of the molecule is C=C(CCc1ccc(O)cc1)C(=O)O. The van der Waals surface area contributed by atoms with Crippen LogP contribution in [0.1, 0.15) is 12.0 Å². The first kappa shape index (κ1) is 10.3. The zero-order valence-corrected chi connectivity index (χ0v) is 7.73. The fourth-order valence-corrected chi connectivity index (χ4v) is 1.06. The molecule has 0 atom stereocenters. The van der Waals surface area contributed by atoms with Crippen molar-refractivity contribution >= 4 is 5.97 Å². The van der Waals surface area contributed by atoms with E-state index in [4.69, 9.17) is 10.2 Å². The van der Waals surface area contributed by atoms with Crippen molar-refractivity contribution in [1.82, 2.24) is 0 Å². The number of aromatic hydroxyl groups is 1. The molecule has 0 unspecified atom stereocenters. The number of carbonyl (C=O) groups is 1. The third-order valence-corrected chi connectivity index (χ3v) is 1.95. The molecule has 0 saturated carbocycles. The molecule has 1 aromatic rings. The summed E-state index contributed by atoms with van der Waals surface area (Å²) in [5.74, 6) is -0.741. The van der Waals surface area contributed by atoms with E-state index in [1.165, 1.54) is 0 Å². The van der Waals surface area contributed by atoms with Crippen LogP contribution >= 0.6 is 0 Å². The second kappa shape index (κ2) is 4.46. The van der Waals surface area contributed by atoms with Crippen LogP contribution < -0.4 is 0 Å². The van der Waals surface area contributed by atoms with Crippen molar-refractivity contribution in [3.63, 3.8) is 0 Å². The van der Waals surface area contributed by atoms with Gasteiger partial charge in [0.15, 0.2) is 0 Å². The molecule has 74 valence electrons. The maximum Gasteiger partial charge on any atom is 0.330 e. The maximum atomic E-state index is 10.4. The third kappa shape index (κ3) is 2.94. The van der Waals surface area contributed by atoms with E-state index in [1.807, 2.05) is 0 Å². The predicted molar refractivity (Wildman–Crippen MR) is 53.2 cm³/mol. The molecule has 0 aliphatic carbocycles. The Bertz CT molecular complexity index is 338. The van der Waals surface area contributed by atoms with E-state index >= 15 is 0 Å². The van der Waals surface area contributed by atoms with Gasteiger partial charge in [-0.2, -0.15) is 0 Å². The van der Waals surface area contributed by atoms with Gasteiger partial charge in [-0.1, -0.05) is 18.7 Å². The summed E-state index contributed by atoms with van der Waals surface area (Å²) in [6.45, 7) is 3.44. The normalized spacial score (nSPS) is 9.71. The highest BCUT2D eigenvalue weighted by Crippen LogP contribution is 2.12. The number of aryl methyl sites for hydroxylation is 1. The van der Waals surface area contributed by atoms with Gasteiger partial charge < -0.3 is 10.2 Å².